The number of phenols is 1. The molecule has 1 atom stereocenters. The molecule has 90 valence electrons. The van der Waals surface area contributed by atoms with E-state index < -0.39 is 0 Å². The minimum absolute atomic E-state index is 0.197. The molecule has 1 aromatic carbocycles. The van der Waals surface area contributed by atoms with Crippen molar-refractivity contribution in [3.8, 4) is 5.75 Å². The predicted octanol–water partition coefficient (Wildman–Crippen LogP) is 3.96. The zero-order valence-corrected chi connectivity index (χ0v) is 11.1. The van der Waals surface area contributed by atoms with E-state index in [2.05, 4.69) is 12.2 Å². The molecule has 17 heavy (non-hydrogen) atoms. The van der Waals surface area contributed by atoms with E-state index in [1.165, 1.54) is 4.88 Å². The molecule has 0 spiro atoms. The molecule has 0 aliphatic carbocycles. The van der Waals surface area contributed by atoms with Gasteiger partial charge in [-0.15, -0.1) is 11.3 Å². The molecule has 1 heterocycles. The Morgan fingerprint density at radius 2 is 2.18 bits per heavy atom. The second-order valence-corrected chi connectivity index (χ2v) is 5.70. The van der Waals surface area contributed by atoms with Crippen LogP contribution in [0.15, 0.2) is 36.4 Å². The number of rotatable bonds is 4. The summed E-state index contributed by atoms with van der Waals surface area (Å²) < 4.78 is 0.812. The third-order valence-corrected chi connectivity index (χ3v) is 3.81. The number of phenolic OH excluding ortho intramolecular Hbond substituents is 1. The average Bonchev–Trinajstić information content (AvgIpc) is 2.72. The van der Waals surface area contributed by atoms with Gasteiger partial charge in [-0.05, 0) is 36.8 Å². The Kier molecular flexibility index (Phi) is 4.05. The third-order valence-electron chi connectivity index (χ3n) is 2.58. The van der Waals surface area contributed by atoms with Gasteiger partial charge >= 0.3 is 0 Å². The molecule has 0 amide bonds. The largest absolute Gasteiger partial charge is 0.508 e. The van der Waals surface area contributed by atoms with Gasteiger partial charge in [0.1, 0.15) is 5.75 Å². The van der Waals surface area contributed by atoms with E-state index in [1.54, 1.807) is 23.5 Å². The van der Waals surface area contributed by atoms with Gasteiger partial charge in [0.15, 0.2) is 0 Å². The van der Waals surface area contributed by atoms with Crippen LogP contribution in [0.5, 0.6) is 5.75 Å². The Balaban J connectivity index is 1.95. The lowest BCUT2D eigenvalue weighted by atomic mass is 10.1. The molecule has 2 nitrogen and oxygen atoms in total. The highest BCUT2D eigenvalue weighted by atomic mass is 35.5. The minimum atomic E-state index is 0.197. The van der Waals surface area contributed by atoms with Crippen molar-refractivity contribution in [2.45, 2.75) is 19.5 Å². The molecular formula is C13H14ClNOS. The Bertz CT molecular complexity index is 498. The molecule has 1 unspecified atom stereocenters. The van der Waals surface area contributed by atoms with E-state index in [4.69, 9.17) is 11.6 Å². The van der Waals surface area contributed by atoms with E-state index in [1.807, 2.05) is 24.3 Å². The maximum absolute atomic E-state index is 9.41. The van der Waals surface area contributed by atoms with E-state index in [9.17, 15) is 5.11 Å². The number of aromatic hydroxyl groups is 1. The van der Waals surface area contributed by atoms with Crippen molar-refractivity contribution >= 4 is 22.9 Å². The van der Waals surface area contributed by atoms with Crippen LogP contribution >= 0.6 is 22.9 Å². The van der Waals surface area contributed by atoms with Crippen LogP contribution in [-0.4, -0.2) is 5.11 Å². The molecule has 2 N–H and O–H groups in total. The summed E-state index contributed by atoms with van der Waals surface area (Å²) in [7, 11) is 0. The summed E-state index contributed by atoms with van der Waals surface area (Å²) in [5.41, 5.74) is 1.08. The van der Waals surface area contributed by atoms with Crippen molar-refractivity contribution < 1.29 is 5.11 Å². The lowest BCUT2D eigenvalue weighted by molar-refractivity contribution is 0.472. The molecule has 4 heteroatoms. The molecule has 0 aliphatic rings. The Labute approximate surface area is 110 Å². The van der Waals surface area contributed by atoms with E-state index in [-0.39, 0.29) is 6.04 Å². The molecule has 0 fully saturated rings. The number of hydrogen-bond donors (Lipinski definition) is 2. The Morgan fingerprint density at radius 1 is 1.35 bits per heavy atom. The summed E-state index contributed by atoms with van der Waals surface area (Å²) in [6.45, 7) is 2.86. The number of thiophene rings is 1. The van der Waals surface area contributed by atoms with E-state index in [0.29, 0.717) is 5.75 Å². The van der Waals surface area contributed by atoms with Crippen molar-refractivity contribution in [1.29, 1.82) is 0 Å². The van der Waals surface area contributed by atoms with Crippen molar-refractivity contribution in [3.63, 3.8) is 0 Å². The van der Waals surface area contributed by atoms with Crippen LogP contribution in [-0.2, 0) is 6.54 Å². The fraction of sp³-hybridized carbons (Fsp3) is 0.231. The zero-order valence-electron chi connectivity index (χ0n) is 9.48. The first-order valence-electron chi connectivity index (χ1n) is 5.41. The Morgan fingerprint density at radius 3 is 2.82 bits per heavy atom. The highest BCUT2D eigenvalue weighted by molar-refractivity contribution is 7.16. The summed E-state index contributed by atoms with van der Waals surface area (Å²) in [5, 5.41) is 12.8. The van der Waals surface area contributed by atoms with Crippen LogP contribution in [0.25, 0.3) is 0 Å². The quantitative estimate of drug-likeness (QED) is 0.879. The molecular weight excluding hydrogens is 254 g/mol. The van der Waals surface area contributed by atoms with E-state index >= 15 is 0 Å². The van der Waals surface area contributed by atoms with Gasteiger partial charge in [0, 0.05) is 17.5 Å². The van der Waals surface area contributed by atoms with Gasteiger partial charge in [-0.25, -0.2) is 0 Å². The molecule has 0 aliphatic heterocycles. The lowest BCUT2D eigenvalue weighted by Crippen LogP contribution is -2.17. The van der Waals surface area contributed by atoms with Crippen molar-refractivity contribution in [2.24, 2.45) is 0 Å². The van der Waals surface area contributed by atoms with Gasteiger partial charge in [0.25, 0.3) is 0 Å². The van der Waals surface area contributed by atoms with Gasteiger partial charge in [0.2, 0.25) is 0 Å². The second-order valence-electron chi connectivity index (χ2n) is 3.90. The van der Waals surface area contributed by atoms with Gasteiger partial charge in [0.05, 0.1) is 4.34 Å². The number of halogens is 1. The minimum Gasteiger partial charge on any atom is -0.508 e. The van der Waals surface area contributed by atoms with Gasteiger partial charge in [-0.2, -0.15) is 0 Å². The fourth-order valence-corrected chi connectivity index (χ4v) is 2.65. The van der Waals surface area contributed by atoms with Crippen LogP contribution in [0.1, 0.15) is 23.4 Å². The first-order chi connectivity index (χ1) is 8.15. The van der Waals surface area contributed by atoms with Gasteiger partial charge in [-0.3, -0.25) is 0 Å². The highest BCUT2D eigenvalue weighted by Gasteiger charge is 2.06. The zero-order chi connectivity index (χ0) is 12.3. The molecule has 0 radical (unpaired) electrons. The first-order valence-corrected chi connectivity index (χ1v) is 6.61. The molecule has 0 saturated carbocycles. The topological polar surface area (TPSA) is 32.3 Å². The molecule has 2 rings (SSSR count). The fourth-order valence-electron chi connectivity index (χ4n) is 1.61. The average molecular weight is 268 g/mol. The predicted molar refractivity (Wildman–Crippen MR) is 72.7 cm³/mol. The standard InChI is InChI=1S/C13H14ClNOS/c1-9(10-3-2-4-11(16)7-10)15-8-12-5-6-13(14)17-12/h2-7,9,15-16H,8H2,1H3. The van der Waals surface area contributed by atoms with Gasteiger partial charge < -0.3 is 10.4 Å². The number of hydrogen-bond acceptors (Lipinski definition) is 3. The number of benzene rings is 1. The smallest absolute Gasteiger partial charge is 0.115 e. The summed E-state index contributed by atoms with van der Waals surface area (Å²) in [6.07, 6.45) is 0. The highest BCUT2D eigenvalue weighted by Crippen LogP contribution is 2.23. The molecule has 0 bridgehead atoms. The normalized spacial score (nSPS) is 12.6. The second kappa shape index (κ2) is 5.54. The summed E-state index contributed by atoms with van der Waals surface area (Å²) in [4.78, 5) is 1.21. The molecule has 2 aromatic rings. The van der Waals surface area contributed by atoms with Crippen molar-refractivity contribution in [3.05, 3.63) is 51.2 Å². The van der Waals surface area contributed by atoms with Crippen molar-refractivity contribution in [2.75, 3.05) is 0 Å². The SMILES string of the molecule is CC(NCc1ccc(Cl)s1)c1cccc(O)c1. The first kappa shape index (κ1) is 12.4. The third kappa shape index (κ3) is 3.46. The van der Waals surface area contributed by atoms with E-state index in [0.717, 1.165) is 16.4 Å². The van der Waals surface area contributed by atoms with Crippen LogP contribution < -0.4 is 5.32 Å². The van der Waals surface area contributed by atoms with Crippen LogP contribution in [0.4, 0.5) is 0 Å². The molecule has 0 saturated heterocycles. The Hall–Kier alpha value is -1.03. The monoisotopic (exact) mass is 267 g/mol. The lowest BCUT2D eigenvalue weighted by Gasteiger charge is -2.13. The van der Waals surface area contributed by atoms with Crippen LogP contribution in [0.2, 0.25) is 4.34 Å². The summed E-state index contributed by atoms with van der Waals surface area (Å²) in [5.74, 6) is 0.301. The summed E-state index contributed by atoms with van der Waals surface area (Å²) >= 11 is 7.45. The van der Waals surface area contributed by atoms with Crippen LogP contribution in [0.3, 0.4) is 0 Å². The molecule has 1 aromatic heterocycles. The summed E-state index contributed by atoms with van der Waals surface area (Å²) in [6, 6.07) is 11.4. The number of nitrogens with one attached hydrogen (secondary N) is 1. The van der Waals surface area contributed by atoms with Crippen molar-refractivity contribution in [1.82, 2.24) is 5.32 Å². The maximum atomic E-state index is 9.41. The van der Waals surface area contributed by atoms with Gasteiger partial charge in [-0.1, -0.05) is 23.7 Å². The van der Waals surface area contributed by atoms with Crippen LogP contribution in [0, 0.1) is 0 Å². The maximum Gasteiger partial charge on any atom is 0.115 e.